The number of hydrogen-bond donors (Lipinski definition) is 1. The predicted molar refractivity (Wildman–Crippen MR) is 120 cm³/mol. The average Bonchev–Trinajstić information content (AvgIpc) is 2.72. The number of amides is 1. The Bertz CT molecular complexity index is 963. The molecule has 9 heteroatoms. The van der Waals surface area contributed by atoms with E-state index in [9.17, 15) is 13.2 Å². The van der Waals surface area contributed by atoms with Crippen LogP contribution in [0, 0.1) is 0 Å². The first kappa shape index (κ1) is 23.0. The number of sulfonamides is 1. The molecular formula is C21H25Cl2N3O3S. The molecule has 1 aliphatic heterocycles. The molecule has 1 saturated heterocycles. The molecule has 0 aliphatic carbocycles. The van der Waals surface area contributed by atoms with Crippen molar-refractivity contribution in [3.63, 3.8) is 0 Å². The van der Waals surface area contributed by atoms with E-state index in [1.165, 1.54) is 4.31 Å². The number of carbonyl (C=O) groups is 1. The van der Waals surface area contributed by atoms with Crippen LogP contribution < -0.4 is 5.32 Å². The van der Waals surface area contributed by atoms with Crippen LogP contribution in [0.25, 0.3) is 0 Å². The summed E-state index contributed by atoms with van der Waals surface area (Å²) in [5.74, 6) is -0.0887. The molecular weight excluding hydrogens is 445 g/mol. The Labute approximate surface area is 187 Å². The monoisotopic (exact) mass is 469 g/mol. The SMILES string of the molecule is O=C(CN1CCN(S(=O)(=O)Cc2ccccc2)CC1)NCCc1cccc(Cl)c1Cl. The number of carbonyl (C=O) groups excluding carboxylic acids is 1. The van der Waals surface area contributed by atoms with Crippen LogP contribution in [-0.2, 0) is 27.0 Å². The highest BCUT2D eigenvalue weighted by molar-refractivity contribution is 7.88. The van der Waals surface area contributed by atoms with Gasteiger partial charge in [0.05, 0.1) is 22.3 Å². The van der Waals surface area contributed by atoms with Gasteiger partial charge in [0.2, 0.25) is 15.9 Å². The molecule has 0 radical (unpaired) electrons. The first-order valence-corrected chi connectivity index (χ1v) is 12.2. The van der Waals surface area contributed by atoms with E-state index in [-0.39, 0.29) is 18.2 Å². The normalized spacial score (nSPS) is 15.8. The summed E-state index contributed by atoms with van der Waals surface area (Å²) in [6.45, 7) is 2.55. The second-order valence-corrected chi connectivity index (χ2v) is 9.98. The van der Waals surface area contributed by atoms with Crippen LogP contribution >= 0.6 is 23.2 Å². The zero-order valence-electron chi connectivity index (χ0n) is 16.6. The maximum absolute atomic E-state index is 12.6. The molecule has 1 amide bonds. The topological polar surface area (TPSA) is 69.7 Å². The largest absolute Gasteiger partial charge is 0.355 e. The van der Waals surface area contributed by atoms with E-state index in [1.54, 1.807) is 6.07 Å². The van der Waals surface area contributed by atoms with Crippen molar-refractivity contribution in [3.05, 3.63) is 69.7 Å². The predicted octanol–water partition coefficient (Wildman–Crippen LogP) is 2.80. The number of nitrogens with zero attached hydrogens (tertiary/aromatic N) is 2. The number of rotatable bonds is 8. The molecule has 1 N–H and O–H groups in total. The number of hydrogen-bond acceptors (Lipinski definition) is 4. The van der Waals surface area contributed by atoms with Crippen LogP contribution in [0.2, 0.25) is 10.0 Å². The van der Waals surface area contributed by atoms with E-state index in [2.05, 4.69) is 5.32 Å². The van der Waals surface area contributed by atoms with Crippen molar-refractivity contribution < 1.29 is 13.2 Å². The number of halogens is 2. The highest BCUT2D eigenvalue weighted by Gasteiger charge is 2.27. The fraction of sp³-hybridized carbons (Fsp3) is 0.381. The highest BCUT2D eigenvalue weighted by atomic mass is 35.5. The fourth-order valence-electron chi connectivity index (χ4n) is 3.38. The average molecular weight is 470 g/mol. The van der Waals surface area contributed by atoms with Crippen molar-refractivity contribution in [1.82, 2.24) is 14.5 Å². The van der Waals surface area contributed by atoms with Gasteiger partial charge in [0, 0.05) is 32.7 Å². The summed E-state index contributed by atoms with van der Waals surface area (Å²) in [6.07, 6.45) is 0.594. The third kappa shape index (κ3) is 6.43. The van der Waals surface area contributed by atoms with Crippen LogP contribution in [0.1, 0.15) is 11.1 Å². The summed E-state index contributed by atoms with van der Waals surface area (Å²) in [6, 6.07) is 14.6. The van der Waals surface area contributed by atoms with E-state index in [4.69, 9.17) is 23.2 Å². The van der Waals surface area contributed by atoms with Gasteiger partial charge in [-0.1, -0.05) is 65.7 Å². The zero-order chi connectivity index (χ0) is 21.6. The Kier molecular flexibility index (Phi) is 8.13. The molecule has 2 aromatic carbocycles. The second kappa shape index (κ2) is 10.6. The van der Waals surface area contributed by atoms with Gasteiger partial charge < -0.3 is 5.32 Å². The molecule has 0 atom stereocenters. The Morgan fingerprint density at radius 3 is 2.37 bits per heavy atom. The van der Waals surface area contributed by atoms with Gasteiger partial charge in [0.25, 0.3) is 0 Å². The molecule has 3 rings (SSSR count). The molecule has 30 heavy (non-hydrogen) atoms. The van der Waals surface area contributed by atoms with Gasteiger partial charge in [0.1, 0.15) is 0 Å². The second-order valence-electron chi connectivity index (χ2n) is 7.23. The van der Waals surface area contributed by atoms with E-state index in [1.807, 2.05) is 47.4 Å². The van der Waals surface area contributed by atoms with E-state index in [0.717, 1.165) is 11.1 Å². The third-order valence-electron chi connectivity index (χ3n) is 5.03. The van der Waals surface area contributed by atoms with Gasteiger partial charge in [-0.3, -0.25) is 9.69 Å². The van der Waals surface area contributed by atoms with Gasteiger partial charge >= 0.3 is 0 Å². The van der Waals surface area contributed by atoms with Gasteiger partial charge in [0.15, 0.2) is 0 Å². The Morgan fingerprint density at radius 1 is 0.967 bits per heavy atom. The van der Waals surface area contributed by atoms with E-state index in [0.29, 0.717) is 49.2 Å². The quantitative estimate of drug-likeness (QED) is 0.645. The highest BCUT2D eigenvalue weighted by Crippen LogP contribution is 2.25. The van der Waals surface area contributed by atoms with E-state index >= 15 is 0 Å². The van der Waals surface area contributed by atoms with Gasteiger partial charge in [-0.15, -0.1) is 0 Å². The molecule has 6 nitrogen and oxygen atoms in total. The molecule has 1 aliphatic rings. The van der Waals surface area contributed by atoms with Crippen molar-refractivity contribution in [1.29, 1.82) is 0 Å². The number of benzene rings is 2. The van der Waals surface area contributed by atoms with Crippen molar-refractivity contribution in [2.24, 2.45) is 0 Å². The van der Waals surface area contributed by atoms with Crippen LogP contribution in [0.4, 0.5) is 0 Å². The van der Waals surface area contributed by atoms with E-state index < -0.39 is 10.0 Å². The molecule has 1 fully saturated rings. The Balaban J connectivity index is 1.40. The lowest BCUT2D eigenvalue weighted by atomic mass is 10.1. The number of piperazine rings is 1. The van der Waals surface area contributed by atoms with Crippen molar-refractivity contribution in [2.75, 3.05) is 39.3 Å². The minimum atomic E-state index is -3.36. The molecule has 0 bridgehead atoms. The maximum Gasteiger partial charge on any atom is 0.234 e. The van der Waals surface area contributed by atoms with Crippen LogP contribution in [0.15, 0.2) is 48.5 Å². The van der Waals surface area contributed by atoms with Crippen molar-refractivity contribution in [2.45, 2.75) is 12.2 Å². The fourth-order valence-corrected chi connectivity index (χ4v) is 5.31. The first-order valence-electron chi connectivity index (χ1n) is 9.79. The molecule has 1 heterocycles. The van der Waals surface area contributed by atoms with Crippen molar-refractivity contribution in [3.8, 4) is 0 Å². The van der Waals surface area contributed by atoms with Gasteiger partial charge in [-0.25, -0.2) is 8.42 Å². The standard InChI is InChI=1S/C21H25Cl2N3O3S/c22-19-8-4-7-18(21(19)23)9-10-24-20(27)15-25-11-13-26(14-12-25)30(28,29)16-17-5-2-1-3-6-17/h1-8H,9-16H2,(H,24,27). The van der Waals surface area contributed by atoms with Crippen LogP contribution in [-0.4, -0.2) is 62.8 Å². The zero-order valence-corrected chi connectivity index (χ0v) is 18.9. The molecule has 0 aromatic heterocycles. The molecule has 0 saturated carbocycles. The lowest BCUT2D eigenvalue weighted by Gasteiger charge is -2.33. The lowest BCUT2D eigenvalue weighted by Crippen LogP contribution is -2.51. The minimum absolute atomic E-state index is 0.000385. The van der Waals surface area contributed by atoms with Crippen LogP contribution in [0.3, 0.4) is 0 Å². The van der Waals surface area contributed by atoms with Crippen LogP contribution in [0.5, 0.6) is 0 Å². The van der Waals surface area contributed by atoms with Gasteiger partial charge in [-0.2, -0.15) is 4.31 Å². The lowest BCUT2D eigenvalue weighted by molar-refractivity contribution is -0.122. The summed E-state index contributed by atoms with van der Waals surface area (Å²) in [5, 5.41) is 3.90. The summed E-state index contributed by atoms with van der Waals surface area (Å²) in [7, 11) is -3.36. The Hall–Kier alpha value is -1.64. The molecule has 0 unspecified atom stereocenters. The maximum atomic E-state index is 12.6. The molecule has 162 valence electrons. The Morgan fingerprint density at radius 2 is 1.67 bits per heavy atom. The third-order valence-corrected chi connectivity index (χ3v) is 7.74. The summed E-state index contributed by atoms with van der Waals surface area (Å²) < 4.78 is 26.7. The summed E-state index contributed by atoms with van der Waals surface area (Å²) in [5.41, 5.74) is 1.67. The molecule has 0 spiro atoms. The van der Waals surface area contributed by atoms with Gasteiger partial charge in [-0.05, 0) is 23.6 Å². The van der Waals surface area contributed by atoms with Crippen molar-refractivity contribution >= 4 is 39.1 Å². The first-order chi connectivity index (χ1) is 14.3. The minimum Gasteiger partial charge on any atom is -0.355 e. The summed E-state index contributed by atoms with van der Waals surface area (Å²) in [4.78, 5) is 14.2. The summed E-state index contributed by atoms with van der Waals surface area (Å²) >= 11 is 12.2. The molecule has 2 aromatic rings. The number of nitrogens with one attached hydrogen (secondary N) is 1. The smallest absolute Gasteiger partial charge is 0.234 e.